The number of rotatable bonds is 10. The molecule has 0 heterocycles. The van der Waals surface area contributed by atoms with Gasteiger partial charge in [0.15, 0.2) is 0 Å². The molecule has 21 heavy (non-hydrogen) atoms. The third-order valence-corrected chi connectivity index (χ3v) is 4.39. The fourth-order valence-corrected chi connectivity index (χ4v) is 3.04. The number of hydrogen-bond acceptors (Lipinski definition) is 5. The van der Waals surface area contributed by atoms with E-state index in [1.165, 1.54) is 6.08 Å². The van der Waals surface area contributed by atoms with Gasteiger partial charge in [-0.15, -0.1) is 13.2 Å². The van der Waals surface area contributed by atoms with Crippen LogP contribution in [0.3, 0.4) is 0 Å². The minimum atomic E-state index is -5.09. The van der Waals surface area contributed by atoms with Crippen LogP contribution in [0.15, 0.2) is 38.0 Å². The largest absolute Gasteiger partial charge is 0.481 e. The standard InChI is InChI=1S/C13H18O7S/c1-4-7-10(11(14)15)13(8-5-2,21(17,18)19)12(16)20-9-6-3/h4-6,10H,1-3,7-9H2,(H,14,15)(H,17,18,19). The van der Waals surface area contributed by atoms with E-state index in [2.05, 4.69) is 24.5 Å². The Morgan fingerprint density at radius 1 is 1.19 bits per heavy atom. The molecule has 118 valence electrons. The molecule has 0 fully saturated rings. The lowest BCUT2D eigenvalue weighted by Crippen LogP contribution is -2.55. The van der Waals surface area contributed by atoms with Crippen LogP contribution in [-0.2, 0) is 24.4 Å². The predicted octanol–water partition coefficient (Wildman–Crippen LogP) is 1.20. The molecule has 0 aliphatic heterocycles. The Balaban J connectivity index is 6.19. The molecule has 8 heteroatoms. The number of carboxylic acids is 1. The van der Waals surface area contributed by atoms with Crippen molar-refractivity contribution in [2.75, 3.05) is 6.61 Å². The van der Waals surface area contributed by atoms with Gasteiger partial charge in [-0.2, -0.15) is 8.42 Å². The van der Waals surface area contributed by atoms with Crippen molar-refractivity contribution in [1.82, 2.24) is 0 Å². The van der Waals surface area contributed by atoms with Crippen LogP contribution in [0.4, 0.5) is 0 Å². The molecule has 0 aliphatic rings. The fourth-order valence-electron chi connectivity index (χ4n) is 1.89. The molecular formula is C13H18O7S. The average Bonchev–Trinajstić information content (AvgIpc) is 2.38. The number of carbonyl (C=O) groups excluding carboxylic acids is 1. The summed E-state index contributed by atoms with van der Waals surface area (Å²) < 4.78 is 35.0. The fraction of sp³-hybridized carbons (Fsp3) is 0.385. The van der Waals surface area contributed by atoms with Crippen LogP contribution in [0.5, 0.6) is 0 Å². The van der Waals surface area contributed by atoms with Crippen molar-refractivity contribution in [3.8, 4) is 0 Å². The maximum absolute atomic E-state index is 12.1. The van der Waals surface area contributed by atoms with E-state index in [1.54, 1.807) is 0 Å². The van der Waals surface area contributed by atoms with Gasteiger partial charge < -0.3 is 9.84 Å². The van der Waals surface area contributed by atoms with Crippen LogP contribution in [0.1, 0.15) is 12.8 Å². The molecule has 0 amide bonds. The first-order valence-corrected chi connectivity index (χ1v) is 7.32. The van der Waals surface area contributed by atoms with Crippen molar-refractivity contribution < 1.29 is 32.4 Å². The van der Waals surface area contributed by atoms with Crippen molar-refractivity contribution >= 4 is 22.1 Å². The topological polar surface area (TPSA) is 118 Å². The van der Waals surface area contributed by atoms with Crippen molar-refractivity contribution in [3.63, 3.8) is 0 Å². The Kier molecular flexibility index (Phi) is 7.04. The number of esters is 1. The number of carboxylic acid groups (broad SMARTS) is 1. The Bertz CT molecular complexity index is 535. The monoisotopic (exact) mass is 318 g/mol. The Morgan fingerprint density at radius 2 is 1.76 bits per heavy atom. The van der Waals surface area contributed by atoms with Gasteiger partial charge in [0, 0.05) is 0 Å². The number of ether oxygens (including phenoxy) is 1. The first kappa shape index (κ1) is 19.1. The highest BCUT2D eigenvalue weighted by molar-refractivity contribution is 7.88. The van der Waals surface area contributed by atoms with Crippen LogP contribution in [0.2, 0.25) is 0 Å². The zero-order valence-electron chi connectivity index (χ0n) is 11.4. The van der Waals surface area contributed by atoms with Gasteiger partial charge in [0.05, 0.1) is 5.92 Å². The lowest BCUT2D eigenvalue weighted by Gasteiger charge is -2.32. The third kappa shape index (κ3) is 4.02. The molecule has 0 rings (SSSR count). The molecule has 0 aromatic rings. The van der Waals surface area contributed by atoms with Gasteiger partial charge in [-0.3, -0.25) is 14.1 Å². The van der Waals surface area contributed by atoms with E-state index < -0.39 is 39.1 Å². The molecule has 0 aromatic heterocycles. The lowest BCUT2D eigenvalue weighted by atomic mass is 9.85. The van der Waals surface area contributed by atoms with Crippen LogP contribution in [0.25, 0.3) is 0 Å². The summed E-state index contributed by atoms with van der Waals surface area (Å²) in [6.07, 6.45) is 2.38. The summed E-state index contributed by atoms with van der Waals surface area (Å²) in [5.41, 5.74) is 0. The smallest absolute Gasteiger partial charge is 0.331 e. The Labute approximate surface area is 123 Å². The summed E-state index contributed by atoms with van der Waals surface area (Å²) in [5, 5.41) is 9.22. The number of carbonyl (C=O) groups is 2. The van der Waals surface area contributed by atoms with E-state index in [1.807, 2.05) is 0 Å². The van der Waals surface area contributed by atoms with Gasteiger partial charge in [-0.25, -0.2) is 0 Å². The van der Waals surface area contributed by atoms with Crippen LogP contribution < -0.4 is 0 Å². The van der Waals surface area contributed by atoms with Crippen molar-refractivity contribution in [2.45, 2.75) is 17.6 Å². The molecule has 2 N–H and O–H groups in total. The zero-order chi connectivity index (χ0) is 16.7. The molecule has 0 spiro atoms. The summed E-state index contributed by atoms with van der Waals surface area (Å²) in [7, 11) is -5.09. The SMILES string of the molecule is C=CCOC(=O)C(CC=C)(C(CC=C)C(=O)O)S(=O)(=O)O. The second-order valence-electron chi connectivity index (χ2n) is 4.16. The molecule has 0 radical (unpaired) electrons. The second-order valence-corrected chi connectivity index (χ2v) is 5.84. The Morgan fingerprint density at radius 3 is 2.10 bits per heavy atom. The van der Waals surface area contributed by atoms with Crippen molar-refractivity contribution in [2.24, 2.45) is 5.92 Å². The highest BCUT2D eigenvalue weighted by Crippen LogP contribution is 2.35. The van der Waals surface area contributed by atoms with Crippen LogP contribution in [-0.4, -0.2) is 41.4 Å². The molecule has 0 aromatic carbocycles. The van der Waals surface area contributed by atoms with Crippen molar-refractivity contribution in [3.05, 3.63) is 38.0 Å². The first-order chi connectivity index (χ1) is 9.68. The van der Waals surface area contributed by atoms with E-state index in [4.69, 9.17) is 0 Å². The van der Waals surface area contributed by atoms with Crippen LogP contribution >= 0.6 is 0 Å². The number of hydrogen-bond donors (Lipinski definition) is 2. The first-order valence-electron chi connectivity index (χ1n) is 5.88. The molecule has 0 saturated heterocycles. The molecule has 7 nitrogen and oxygen atoms in total. The molecule has 2 atom stereocenters. The molecule has 0 bridgehead atoms. The third-order valence-electron chi connectivity index (χ3n) is 2.85. The summed E-state index contributed by atoms with van der Waals surface area (Å²) in [6.45, 7) is 9.60. The van der Waals surface area contributed by atoms with Gasteiger partial charge >= 0.3 is 11.9 Å². The summed E-state index contributed by atoms with van der Waals surface area (Å²) in [6, 6.07) is 0. The van der Waals surface area contributed by atoms with E-state index in [0.717, 1.165) is 12.2 Å². The predicted molar refractivity (Wildman–Crippen MR) is 76.2 cm³/mol. The van der Waals surface area contributed by atoms with Gasteiger partial charge in [-0.05, 0) is 12.8 Å². The van der Waals surface area contributed by atoms with E-state index in [9.17, 15) is 27.7 Å². The molecule has 2 unspecified atom stereocenters. The van der Waals surface area contributed by atoms with Gasteiger partial charge in [0.2, 0.25) is 4.75 Å². The van der Waals surface area contributed by atoms with Crippen LogP contribution in [0, 0.1) is 5.92 Å². The summed E-state index contributed by atoms with van der Waals surface area (Å²) in [5.74, 6) is -4.72. The maximum Gasteiger partial charge on any atom is 0.331 e. The molecule has 0 saturated carbocycles. The van der Waals surface area contributed by atoms with Gasteiger partial charge in [0.1, 0.15) is 6.61 Å². The quantitative estimate of drug-likeness (QED) is 0.353. The number of aliphatic carboxylic acids is 1. The molecule has 0 aliphatic carbocycles. The minimum Gasteiger partial charge on any atom is -0.481 e. The average molecular weight is 318 g/mol. The minimum absolute atomic E-state index is 0.326. The van der Waals surface area contributed by atoms with Crippen molar-refractivity contribution in [1.29, 1.82) is 0 Å². The van der Waals surface area contributed by atoms with E-state index >= 15 is 0 Å². The zero-order valence-corrected chi connectivity index (χ0v) is 12.2. The van der Waals surface area contributed by atoms with E-state index in [-0.39, 0.29) is 13.0 Å². The highest BCUT2D eigenvalue weighted by atomic mass is 32.2. The second kappa shape index (κ2) is 7.75. The van der Waals surface area contributed by atoms with Gasteiger partial charge in [0.25, 0.3) is 10.1 Å². The molecular weight excluding hydrogens is 300 g/mol. The maximum atomic E-state index is 12.1. The van der Waals surface area contributed by atoms with E-state index in [0.29, 0.717) is 0 Å². The summed E-state index contributed by atoms with van der Waals surface area (Å²) in [4.78, 5) is 23.5. The normalized spacial score (nSPS) is 15.3. The lowest BCUT2D eigenvalue weighted by molar-refractivity contribution is -0.155. The summed E-state index contributed by atoms with van der Waals surface area (Å²) >= 11 is 0. The Hall–Kier alpha value is -1.93. The number of allylic oxidation sites excluding steroid dienone is 2. The van der Waals surface area contributed by atoms with Gasteiger partial charge in [-0.1, -0.05) is 24.8 Å². The highest BCUT2D eigenvalue weighted by Gasteiger charge is 2.59.